The van der Waals surface area contributed by atoms with Gasteiger partial charge in [0.15, 0.2) is 11.8 Å². The number of aliphatic imine (C=N–C) groups is 1. The standard InChI is InChI=1S/C14H20N6.HI/c1-10(2)19-14(15-3)16-8-11-5-4-6-12(7-11)13-17-9-18-20-13;/h4-7,9-10H,8H2,1-3H3,(H2,15,16,19)(H,17,18,20);1H. The Morgan fingerprint density at radius 2 is 2.19 bits per heavy atom. The van der Waals surface area contributed by atoms with Gasteiger partial charge in [-0.2, -0.15) is 5.10 Å². The third-order valence-corrected chi connectivity index (χ3v) is 2.72. The first-order valence-corrected chi connectivity index (χ1v) is 6.61. The molecule has 0 radical (unpaired) electrons. The number of benzene rings is 1. The minimum Gasteiger partial charge on any atom is -0.354 e. The number of halogens is 1. The monoisotopic (exact) mass is 400 g/mol. The maximum Gasteiger partial charge on any atom is 0.191 e. The molecule has 0 bridgehead atoms. The molecule has 0 amide bonds. The molecule has 21 heavy (non-hydrogen) atoms. The van der Waals surface area contributed by atoms with Crippen LogP contribution in [0.1, 0.15) is 19.4 Å². The second-order valence-corrected chi connectivity index (χ2v) is 4.76. The highest BCUT2D eigenvalue weighted by Crippen LogP contribution is 2.15. The van der Waals surface area contributed by atoms with Gasteiger partial charge in [0.1, 0.15) is 6.33 Å². The predicted octanol–water partition coefficient (Wildman–Crippen LogP) is 2.16. The molecule has 114 valence electrons. The zero-order chi connectivity index (χ0) is 14.4. The molecule has 1 aromatic carbocycles. The third-order valence-electron chi connectivity index (χ3n) is 2.72. The number of nitrogens with zero attached hydrogens (tertiary/aromatic N) is 3. The van der Waals surface area contributed by atoms with Crippen LogP contribution in [0.25, 0.3) is 11.4 Å². The van der Waals surface area contributed by atoms with E-state index in [0.717, 1.165) is 22.9 Å². The van der Waals surface area contributed by atoms with Gasteiger partial charge in [0.25, 0.3) is 0 Å². The van der Waals surface area contributed by atoms with Crippen LogP contribution in [0.3, 0.4) is 0 Å². The van der Waals surface area contributed by atoms with Crippen molar-refractivity contribution in [3.63, 3.8) is 0 Å². The number of aromatic amines is 1. The van der Waals surface area contributed by atoms with Crippen LogP contribution >= 0.6 is 24.0 Å². The van der Waals surface area contributed by atoms with E-state index in [1.165, 1.54) is 6.33 Å². The summed E-state index contributed by atoms with van der Waals surface area (Å²) in [5.74, 6) is 1.57. The molecular weight excluding hydrogens is 379 g/mol. The Balaban J connectivity index is 0.00000220. The number of hydrogen-bond acceptors (Lipinski definition) is 3. The van der Waals surface area contributed by atoms with Crippen molar-refractivity contribution in [2.45, 2.75) is 26.4 Å². The number of H-pyrrole nitrogens is 1. The van der Waals surface area contributed by atoms with Gasteiger partial charge in [0.05, 0.1) is 0 Å². The average Bonchev–Trinajstić information content (AvgIpc) is 2.97. The highest BCUT2D eigenvalue weighted by Gasteiger charge is 2.03. The molecular formula is C14H21IN6. The molecule has 1 heterocycles. The van der Waals surface area contributed by atoms with E-state index in [9.17, 15) is 0 Å². The van der Waals surface area contributed by atoms with Crippen molar-refractivity contribution >= 4 is 29.9 Å². The van der Waals surface area contributed by atoms with Crippen molar-refractivity contribution in [2.75, 3.05) is 7.05 Å². The van der Waals surface area contributed by atoms with Crippen molar-refractivity contribution < 1.29 is 0 Å². The van der Waals surface area contributed by atoms with E-state index in [-0.39, 0.29) is 24.0 Å². The molecule has 0 atom stereocenters. The molecule has 0 aliphatic carbocycles. The molecule has 0 saturated carbocycles. The molecule has 0 aliphatic rings. The minimum absolute atomic E-state index is 0. The predicted molar refractivity (Wildman–Crippen MR) is 95.7 cm³/mol. The fourth-order valence-corrected chi connectivity index (χ4v) is 1.83. The van der Waals surface area contributed by atoms with Crippen LogP contribution in [0.2, 0.25) is 0 Å². The second-order valence-electron chi connectivity index (χ2n) is 4.76. The van der Waals surface area contributed by atoms with Crippen LogP contribution in [0.4, 0.5) is 0 Å². The summed E-state index contributed by atoms with van der Waals surface area (Å²) in [4.78, 5) is 8.34. The Kier molecular flexibility index (Phi) is 7.13. The molecule has 0 unspecified atom stereocenters. The van der Waals surface area contributed by atoms with Gasteiger partial charge in [-0.1, -0.05) is 18.2 Å². The summed E-state index contributed by atoms with van der Waals surface area (Å²) in [6, 6.07) is 8.51. The quantitative estimate of drug-likeness (QED) is 0.418. The Hall–Kier alpha value is -1.64. The first kappa shape index (κ1) is 17.4. The molecule has 0 spiro atoms. The molecule has 0 aliphatic heterocycles. The lowest BCUT2D eigenvalue weighted by Gasteiger charge is -2.14. The average molecular weight is 400 g/mol. The lowest BCUT2D eigenvalue weighted by Crippen LogP contribution is -2.40. The van der Waals surface area contributed by atoms with Crippen molar-refractivity contribution in [1.82, 2.24) is 25.8 Å². The van der Waals surface area contributed by atoms with Crippen LogP contribution in [-0.4, -0.2) is 34.2 Å². The van der Waals surface area contributed by atoms with E-state index in [0.29, 0.717) is 12.6 Å². The Morgan fingerprint density at radius 1 is 1.38 bits per heavy atom. The SMILES string of the molecule is CN=C(NCc1cccc(-c2ncn[nH]2)c1)NC(C)C.I. The number of guanidine groups is 1. The van der Waals surface area contributed by atoms with Crippen LogP contribution in [-0.2, 0) is 6.54 Å². The van der Waals surface area contributed by atoms with E-state index in [4.69, 9.17) is 0 Å². The zero-order valence-corrected chi connectivity index (χ0v) is 14.8. The lowest BCUT2D eigenvalue weighted by molar-refractivity contribution is 0.699. The van der Waals surface area contributed by atoms with Gasteiger partial charge >= 0.3 is 0 Å². The van der Waals surface area contributed by atoms with Gasteiger partial charge in [-0.15, -0.1) is 24.0 Å². The smallest absolute Gasteiger partial charge is 0.191 e. The van der Waals surface area contributed by atoms with Crippen LogP contribution in [0, 0.1) is 0 Å². The van der Waals surface area contributed by atoms with E-state index >= 15 is 0 Å². The Labute approximate surface area is 141 Å². The Bertz CT molecular complexity index is 565. The molecule has 0 fully saturated rings. The van der Waals surface area contributed by atoms with Gasteiger partial charge in [0, 0.05) is 25.2 Å². The second kappa shape index (κ2) is 8.60. The van der Waals surface area contributed by atoms with Crippen molar-refractivity contribution in [3.8, 4) is 11.4 Å². The summed E-state index contributed by atoms with van der Waals surface area (Å²) in [7, 11) is 1.77. The fourth-order valence-electron chi connectivity index (χ4n) is 1.83. The fraction of sp³-hybridized carbons (Fsp3) is 0.357. The molecule has 2 aromatic rings. The lowest BCUT2D eigenvalue weighted by atomic mass is 10.1. The summed E-state index contributed by atoms with van der Waals surface area (Å²) in [5, 5.41) is 13.3. The van der Waals surface area contributed by atoms with E-state index in [2.05, 4.69) is 56.8 Å². The topological polar surface area (TPSA) is 78.0 Å². The Morgan fingerprint density at radius 3 is 2.81 bits per heavy atom. The molecule has 3 N–H and O–H groups in total. The van der Waals surface area contributed by atoms with Crippen LogP contribution < -0.4 is 10.6 Å². The number of hydrogen-bond donors (Lipinski definition) is 3. The summed E-state index contributed by atoms with van der Waals surface area (Å²) in [5.41, 5.74) is 2.18. The maximum absolute atomic E-state index is 4.18. The van der Waals surface area contributed by atoms with E-state index in [1.54, 1.807) is 7.05 Å². The third kappa shape index (κ3) is 5.33. The molecule has 7 heteroatoms. The van der Waals surface area contributed by atoms with Gasteiger partial charge in [-0.25, -0.2) is 4.98 Å². The van der Waals surface area contributed by atoms with E-state index in [1.807, 2.05) is 12.1 Å². The summed E-state index contributed by atoms with van der Waals surface area (Å²) < 4.78 is 0. The first-order chi connectivity index (χ1) is 9.69. The van der Waals surface area contributed by atoms with Crippen molar-refractivity contribution in [3.05, 3.63) is 36.2 Å². The minimum atomic E-state index is 0. The van der Waals surface area contributed by atoms with Crippen molar-refractivity contribution in [1.29, 1.82) is 0 Å². The van der Waals surface area contributed by atoms with Gasteiger partial charge in [-0.3, -0.25) is 10.1 Å². The molecule has 0 saturated heterocycles. The summed E-state index contributed by atoms with van der Waals surface area (Å²) >= 11 is 0. The highest BCUT2D eigenvalue weighted by molar-refractivity contribution is 14.0. The number of aromatic nitrogens is 3. The summed E-state index contributed by atoms with van der Waals surface area (Å²) in [6.45, 7) is 4.86. The molecule has 1 aromatic heterocycles. The van der Waals surface area contributed by atoms with Crippen LogP contribution in [0.5, 0.6) is 0 Å². The van der Waals surface area contributed by atoms with Gasteiger partial charge in [-0.05, 0) is 25.5 Å². The highest BCUT2D eigenvalue weighted by atomic mass is 127. The summed E-state index contributed by atoms with van der Waals surface area (Å²) in [6.07, 6.45) is 1.51. The normalized spacial score (nSPS) is 11.1. The number of rotatable bonds is 4. The molecule has 6 nitrogen and oxygen atoms in total. The van der Waals surface area contributed by atoms with Gasteiger partial charge in [0.2, 0.25) is 0 Å². The van der Waals surface area contributed by atoms with Gasteiger partial charge < -0.3 is 10.6 Å². The van der Waals surface area contributed by atoms with E-state index < -0.39 is 0 Å². The first-order valence-electron chi connectivity index (χ1n) is 6.61. The van der Waals surface area contributed by atoms with Crippen molar-refractivity contribution in [2.24, 2.45) is 4.99 Å². The van der Waals surface area contributed by atoms with Crippen LogP contribution in [0.15, 0.2) is 35.6 Å². The number of nitrogens with one attached hydrogen (secondary N) is 3. The maximum atomic E-state index is 4.18. The molecule has 2 rings (SSSR count). The largest absolute Gasteiger partial charge is 0.354 e. The zero-order valence-electron chi connectivity index (χ0n) is 12.4.